The lowest BCUT2D eigenvalue weighted by molar-refractivity contribution is -0.130. The summed E-state index contributed by atoms with van der Waals surface area (Å²) in [5, 5.41) is 8.56. The van der Waals surface area contributed by atoms with E-state index in [2.05, 4.69) is 38.7 Å². The maximum Gasteiger partial charge on any atom is 0.223 e. The maximum atomic E-state index is 12.0. The molecule has 4 heteroatoms. The molecule has 0 saturated carbocycles. The minimum Gasteiger partial charge on any atom is -0.345 e. The highest BCUT2D eigenvalue weighted by atomic mass is 16.2. The quantitative estimate of drug-likeness (QED) is 0.588. The smallest absolute Gasteiger partial charge is 0.223 e. The fraction of sp³-hybridized carbons (Fsp3) is 0.882. The van der Waals surface area contributed by atoms with Crippen molar-refractivity contribution in [3.63, 3.8) is 0 Å². The van der Waals surface area contributed by atoms with E-state index in [-0.39, 0.29) is 5.91 Å². The molecule has 0 aliphatic carbocycles. The van der Waals surface area contributed by atoms with Gasteiger partial charge in [0.15, 0.2) is 0 Å². The Morgan fingerprint density at radius 2 is 1.52 bits per heavy atom. The molecule has 0 spiro atoms. The zero-order chi connectivity index (χ0) is 16.3. The van der Waals surface area contributed by atoms with Gasteiger partial charge in [-0.05, 0) is 37.8 Å². The van der Waals surface area contributed by atoms with E-state index in [0.717, 1.165) is 19.6 Å². The molecule has 0 rings (SSSR count). The van der Waals surface area contributed by atoms with Gasteiger partial charge >= 0.3 is 0 Å². The highest BCUT2D eigenvalue weighted by Crippen LogP contribution is 2.07. The summed E-state index contributed by atoms with van der Waals surface area (Å²) in [6, 6.07) is 2.08. The highest BCUT2D eigenvalue weighted by Gasteiger charge is 2.12. The van der Waals surface area contributed by atoms with Gasteiger partial charge in [0.25, 0.3) is 0 Å². The van der Waals surface area contributed by atoms with Crippen LogP contribution in [0.3, 0.4) is 0 Å². The van der Waals surface area contributed by atoms with Crippen molar-refractivity contribution >= 4 is 5.91 Å². The molecular weight excluding hydrogens is 262 g/mol. The van der Waals surface area contributed by atoms with Gasteiger partial charge in [-0.2, -0.15) is 5.26 Å². The van der Waals surface area contributed by atoms with Crippen molar-refractivity contribution in [2.24, 2.45) is 11.8 Å². The fourth-order valence-electron chi connectivity index (χ4n) is 2.00. The van der Waals surface area contributed by atoms with E-state index in [0.29, 0.717) is 31.2 Å². The summed E-state index contributed by atoms with van der Waals surface area (Å²) in [5.74, 6) is 1.53. The average molecular weight is 295 g/mol. The van der Waals surface area contributed by atoms with Gasteiger partial charge in [0, 0.05) is 26.6 Å². The molecule has 0 radical (unpaired) electrons. The van der Waals surface area contributed by atoms with E-state index >= 15 is 0 Å². The lowest BCUT2D eigenvalue weighted by Gasteiger charge is -2.25. The van der Waals surface area contributed by atoms with Crippen LogP contribution in [0.2, 0.25) is 0 Å². The number of carbonyl (C=O) groups is 1. The largest absolute Gasteiger partial charge is 0.345 e. The summed E-state index contributed by atoms with van der Waals surface area (Å²) in [5.41, 5.74) is 0. The molecule has 0 aliphatic rings. The van der Waals surface area contributed by atoms with Crippen LogP contribution in [0.25, 0.3) is 0 Å². The predicted octanol–water partition coefficient (Wildman–Crippen LogP) is 3.14. The van der Waals surface area contributed by atoms with Gasteiger partial charge in [-0.1, -0.05) is 27.7 Å². The van der Waals surface area contributed by atoms with Crippen molar-refractivity contribution in [2.75, 3.05) is 33.2 Å². The van der Waals surface area contributed by atoms with Crippen LogP contribution in [0.5, 0.6) is 0 Å². The van der Waals surface area contributed by atoms with Gasteiger partial charge in [-0.3, -0.25) is 4.79 Å². The number of nitriles is 1. The summed E-state index contributed by atoms with van der Waals surface area (Å²) < 4.78 is 0. The summed E-state index contributed by atoms with van der Waals surface area (Å²) >= 11 is 0. The highest BCUT2D eigenvalue weighted by molar-refractivity contribution is 5.76. The van der Waals surface area contributed by atoms with E-state index in [1.807, 2.05) is 0 Å². The summed E-state index contributed by atoms with van der Waals surface area (Å²) in [6.45, 7) is 12.5. The Labute approximate surface area is 131 Å². The third kappa shape index (κ3) is 11.3. The number of hydrogen-bond acceptors (Lipinski definition) is 3. The van der Waals surface area contributed by atoms with Gasteiger partial charge in [0.2, 0.25) is 5.91 Å². The summed E-state index contributed by atoms with van der Waals surface area (Å²) in [6.07, 6.45) is 3.32. The minimum absolute atomic E-state index is 0.143. The molecule has 4 nitrogen and oxygen atoms in total. The van der Waals surface area contributed by atoms with Gasteiger partial charge in [0.1, 0.15) is 0 Å². The maximum absolute atomic E-state index is 12.0. The SMILES string of the molecule is CC(C)CCN(CCC(=O)N(C)CCC#N)CCC(C)C. The van der Waals surface area contributed by atoms with Crippen LogP contribution in [0, 0.1) is 23.2 Å². The molecule has 21 heavy (non-hydrogen) atoms. The third-order valence-electron chi connectivity index (χ3n) is 3.67. The van der Waals surface area contributed by atoms with Crippen LogP contribution < -0.4 is 0 Å². The Morgan fingerprint density at radius 3 is 1.95 bits per heavy atom. The molecule has 0 aromatic carbocycles. The fourth-order valence-corrected chi connectivity index (χ4v) is 2.00. The molecule has 0 atom stereocenters. The Balaban J connectivity index is 4.19. The first-order valence-corrected chi connectivity index (χ1v) is 8.20. The lowest BCUT2D eigenvalue weighted by atomic mass is 10.1. The van der Waals surface area contributed by atoms with E-state index < -0.39 is 0 Å². The molecule has 0 fully saturated rings. The van der Waals surface area contributed by atoms with Crippen molar-refractivity contribution in [1.82, 2.24) is 9.80 Å². The molecule has 0 N–H and O–H groups in total. The molecule has 1 amide bonds. The van der Waals surface area contributed by atoms with Crippen molar-refractivity contribution in [3.05, 3.63) is 0 Å². The van der Waals surface area contributed by atoms with Gasteiger partial charge in [0.05, 0.1) is 12.5 Å². The van der Waals surface area contributed by atoms with E-state index in [9.17, 15) is 4.79 Å². The second-order valence-corrected chi connectivity index (χ2v) is 6.68. The number of carbonyl (C=O) groups excluding carboxylic acids is 1. The Morgan fingerprint density at radius 1 is 1.00 bits per heavy atom. The van der Waals surface area contributed by atoms with E-state index in [1.165, 1.54) is 12.8 Å². The molecular formula is C17H33N3O. The molecule has 0 heterocycles. The van der Waals surface area contributed by atoms with Gasteiger partial charge in [-0.25, -0.2) is 0 Å². The first-order valence-electron chi connectivity index (χ1n) is 8.20. The van der Waals surface area contributed by atoms with Crippen LogP contribution in [-0.2, 0) is 4.79 Å². The Kier molecular flexibility index (Phi) is 11.0. The molecule has 0 aromatic rings. The third-order valence-corrected chi connectivity index (χ3v) is 3.67. The number of amides is 1. The molecule has 0 saturated heterocycles. The first-order chi connectivity index (χ1) is 9.86. The predicted molar refractivity (Wildman–Crippen MR) is 87.8 cm³/mol. The van der Waals surface area contributed by atoms with Gasteiger partial charge in [-0.15, -0.1) is 0 Å². The Bertz CT molecular complexity index is 308. The van der Waals surface area contributed by atoms with E-state index in [4.69, 9.17) is 5.26 Å². The van der Waals surface area contributed by atoms with Crippen molar-refractivity contribution in [1.29, 1.82) is 5.26 Å². The second kappa shape index (κ2) is 11.6. The molecule has 0 aliphatic heterocycles. The number of rotatable bonds is 11. The number of hydrogen-bond donors (Lipinski definition) is 0. The van der Waals surface area contributed by atoms with Crippen molar-refractivity contribution in [3.8, 4) is 6.07 Å². The molecule has 0 unspecified atom stereocenters. The Hall–Kier alpha value is -1.08. The standard InChI is InChI=1S/C17H33N3O/c1-15(2)7-12-20(13-8-16(3)4)14-9-17(21)19(5)11-6-10-18/h15-16H,6-9,11-14H2,1-5H3. The van der Waals surface area contributed by atoms with E-state index in [1.54, 1.807) is 11.9 Å². The normalized spacial score (nSPS) is 11.2. The molecule has 0 aromatic heterocycles. The molecule has 122 valence electrons. The van der Waals surface area contributed by atoms with Crippen LogP contribution >= 0.6 is 0 Å². The first kappa shape index (κ1) is 19.9. The zero-order valence-corrected chi connectivity index (χ0v) is 14.6. The van der Waals surface area contributed by atoms with Gasteiger partial charge < -0.3 is 9.80 Å². The molecule has 0 bridgehead atoms. The topological polar surface area (TPSA) is 47.3 Å². The minimum atomic E-state index is 0.143. The second-order valence-electron chi connectivity index (χ2n) is 6.68. The van der Waals surface area contributed by atoms with Crippen LogP contribution in [0.4, 0.5) is 0 Å². The van der Waals surface area contributed by atoms with Crippen molar-refractivity contribution in [2.45, 2.75) is 53.4 Å². The monoisotopic (exact) mass is 295 g/mol. The zero-order valence-electron chi connectivity index (χ0n) is 14.6. The summed E-state index contributed by atoms with van der Waals surface area (Å²) in [4.78, 5) is 16.1. The summed E-state index contributed by atoms with van der Waals surface area (Å²) in [7, 11) is 1.78. The number of nitrogens with zero attached hydrogens (tertiary/aromatic N) is 3. The van der Waals surface area contributed by atoms with Crippen LogP contribution in [-0.4, -0.2) is 48.9 Å². The lowest BCUT2D eigenvalue weighted by Crippen LogP contribution is -2.34. The average Bonchev–Trinajstić information content (AvgIpc) is 2.42. The van der Waals surface area contributed by atoms with Crippen molar-refractivity contribution < 1.29 is 4.79 Å². The van der Waals surface area contributed by atoms with Crippen LogP contribution in [0.1, 0.15) is 53.4 Å². The van der Waals surface area contributed by atoms with Crippen LogP contribution in [0.15, 0.2) is 0 Å².